The number of aliphatic hydroxyl groups excluding tert-OH is 1. The number of ether oxygens (including phenoxy) is 1. The molecule has 36 heavy (non-hydrogen) atoms. The van der Waals surface area contributed by atoms with Gasteiger partial charge in [0.15, 0.2) is 0 Å². The van der Waals surface area contributed by atoms with E-state index in [0.29, 0.717) is 56.8 Å². The third kappa shape index (κ3) is 5.29. The van der Waals surface area contributed by atoms with E-state index in [1.807, 2.05) is 36.1 Å². The van der Waals surface area contributed by atoms with E-state index >= 15 is 0 Å². The Morgan fingerprint density at radius 1 is 1.19 bits per heavy atom. The predicted octanol–water partition coefficient (Wildman–Crippen LogP) is 2.15. The Morgan fingerprint density at radius 3 is 2.44 bits per heavy atom. The van der Waals surface area contributed by atoms with Crippen molar-refractivity contribution >= 4 is 24.0 Å². The van der Waals surface area contributed by atoms with E-state index in [2.05, 4.69) is 29.0 Å². The summed E-state index contributed by atoms with van der Waals surface area (Å²) in [6.45, 7) is 11.0. The smallest absolute Gasteiger partial charge is 0.227 e. The number of hydrogen-bond donors (Lipinski definition) is 2. The summed E-state index contributed by atoms with van der Waals surface area (Å²) in [6.07, 6.45) is 0.941. The number of nitrogens with one attached hydrogen (secondary N) is 1. The van der Waals surface area contributed by atoms with Gasteiger partial charge in [-0.05, 0) is 38.5 Å². The van der Waals surface area contributed by atoms with E-state index in [0.717, 1.165) is 23.2 Å². The number of aliphatic hydroxyl groups is 1. The maximum absolute atomic E-state index is 12.2. The molecule has 2 atom stereocenters. The molecule has 1 saturated heterocycles. The van der Waals surface area contributed by atoms with Crippen molar-refractivity contribution in [1.82, 2.24) is 19.8 Å². The molecule has 1 aromatic carbocycles. The first-order valence-electron chi connectivity index (χ1n) is 12.6. The number of carbonyl (C=O) groups is 2. The summed E-state index contributed by atoms with van der Waals surface area (Å²) in [6, 6.07) is 6.91. The van der Waals surface area contributed by atoms with Crippen molar-refractivity contribution in [2.75, 3.05) is 49.6 Å². The molecule has 2 aromatic rings. The molecule has 2 aliphatic rings. The standard InChI is InChI=1S/C26H36N6O4/c1-5-36-20-8-6-19(7-9-20)22(15-33)27-25-21-14-32(17(2)3)23(16-34)24(21)28-26(29-25)31-12-10-30(11-13-31)18(4)35/h6-9,16-17,22-23,33H,5,10-15H2,1-4H3,(H,27,28,29)/t22?,23-/m1/s1. The number of nitrogens with zero attached hydrogens (tertiary/aromatic N) is 5. The van der Waals surface area contributed by atoms with Crippen LogP contribution in [0.2, 0.25) is 0 Å². The zero-order valence-electron chi connectivity index (χ0n) is 21.5. The average Bonchev–Trinajstić information content (AvgIpc) is 3.27. The molecular formula is C26H36N6O4. The average molecular weight is 497 g/mol. The Hall–Kier alpha value is -3.24. The summed E-state index contributed by atoms with van der Waals surface area (Å²) in [5.41, 5.74) is 2.47. The van der Waals surface area contributed by atoms with Crippen LogP contribution < -0.4 is 15.0 Å². The van der Waals surface area contributed by atoms with E-state index in [4.69, 9.17) is 14.7 Å². The molecule has 194 valence electrons. The van der Waals surface area contributed by atoms with Crippen molar-refractivity contribution in [2.45, 2.75) is 52.4 Å². The number of fused-ring (bicyclic) bond motifs is 1. The summed E-state index contributed by atoms with van der Waals surface area (Å²) in [5, 5.41) is 13.7. The molecule has 0 bridgehead atoms. The number of anilines is 2. The molecule has 0 spiro atoms. The van der Waals surface area contributed by atoms with Crippen LogP contribution in [0.25, 0.3) is 0 Å². The highest BCUT2D eigenvalue weighted by molar-refractivity contribution is 5.73. The summed E-state index contributed by atoms with van der Waals surface area (Å²) < 4.78 is 5.54. The Balaban J connectivity index is 1.68. The van der Waals surface area contributed by atoms with Crippen LogP contribution in [-0.2, 0) is 16.1 Å². The molecule has 2 aliphatic heterocycles. The number of hydrogen-bond acceptors (Lipinski definition) is 9. The summed E-state index contributed by atoms with van der Waals surface area (Å²) >= 11 is 0. The second kappa shape index (κ2) is 11.2. The van der Waals surface area contributed by atoms with Crippen molar-refractivity contribution in [1.29, 1.82) is 0 Å². The minimum atomic E-state index is -0.459. The number of carbonyl (C=O) groups excluding carboxylic acids is 2. The molecule has 10 heteroatoms. The van der Waals surface area contributed by atoms with Gasteiger partial charge in [0.25, 0.3) is 0 Å². The zero-order chi connectivity index (χ0) is 25.8. The second-order valence-corrected chi connectivity index (χ2v) is 9.46. The molecule has 0 saturated carbocycles. The molecule has 1 aromatic heterocycles. The maximum Gasteiger partial charge on any atom is 0.227 e. The van der Waals surface area contributed by atoms with Crippen LogP contribution in [0.4, 0.5) is 11.8 Å². The summed E-state index contributed by atoms with van der Waals surface area (Å²) in [4.78, 5) is 39.6. The lowest BCUT2D eigenvalue weighted by Crippen LogP contribution is -2.48. The second-order valence-electron chi connectivity index (χ2n) is 9.46. The summed E-state index contributed by atoms with van der Waals surface area (Å²) in [5.74, 6) is 1.98. The lowest BCUT2D eigenvalue weighted by Gasteiger charge is -2.34. The van der Waals surface area contributed by atoms with Gasteiger partial charge in [0.2, 0.25) is 11.9 Å². The van der Waals surface area contributed by atoms with Crippen LogP contribution in [0.3, 0.4) is 0 Å². The first-order chi connectivity index (χ1) is 17.4. The van der Waals surface area contributed by atoms with Gasteiger partial charge in [0.1, 0.15) is 23.9 Å². The van der Waals surface area contributed by atoms with Crippen LogP contribution in [0, 0.1) is 0 Å². The fourth-order valence-corrected chi connectivity index (χ4v) is 4.82. The topological polar surface area (TPSA) is 111 Å². The van der Waals surface area contributed by atoms with Gasteiger partial charge in [-0.3, -0.25) is 9.69 Å². The highest BCUT2D eigenvalue weighted by Crippen LogP contribution is 2.38. The fraction of sp³-hybridized carbons (Fsp3) is 0.538. The van der Waals surface area contributed by atoms with Gasteiger partial charge in [0.05, 0.1) is 24.9 Å². The van der Waals surface area contributed by atoms with Gasteiger partial charge in [0, 0.05) is 51.3 Å². The summed E-state index contributed by atoms with van der Waals surface area (Å²) in [7, 11) is 0. The largest absolute Gasteiger partial charge is 0.494 e. The number of amides is 1. The van der Waals surface area contributed by atoms with E-state index in [-0.39, 0.29) is 18.6 Å². The molecule has 3 heterocycles. The van der Waals surface area contributed by atoms with Gasteiger partial charge in [-0.15, -0.1) is 0 Å². The van der Waals surface area contributed by atoms with Gasteiger partial charge in [-0.25, -0.2) is 4.98 Å². The molecule has 1 unspecified atom stereocenters. The Bertz CT molecular complexity index is 1070. The Kier molecular flexibility index (Phi) is 8.05. The van der Waals surface area contributed by atoms with Crippen LogP contribution in [0.15, 0.2) is 24.3 Å². The minimum absolute atomic E-state index is 0.0571. The lowest BCUT2D eigenvalue weighted by molar-refractivity contribution is -0.129. The van der Waals surface area contributed by atoms with E-state index in [1.54, 1.807) is 6.92 Å². The van der Waals surface area contributed by atoms with Gasteiger partial charge in [-0.1, -0.05) is 12.1 Å². The van der Waals surface area contributed by atoms with Crippen LogP contribution in [0.5, 0.6) is 5.75 Å². The molecule has 1 fully saturated rings. The van der Waals surface area contributed by atoms with Gasteiger partial charge in [-0.2, -0.15) is 4.98 Å². The predicted molar refractivity (Wildman–Crippen MR) is 137 cm³/mol. The molecule has 0 radical (unpaired) electrons. The molecule has 4 rings (SSSR count). The van der Waals surface area contributed by atoms with Gasteiger partial charge < -0.3 is 29.8 Å². The highest BCUT2D eigenvalue weighted by Gasteiger charge is 2.37. The monoisotopic (exact) mass is 496 g/mol. The SMILES string of the molecule is CCOc1ccc(C(CO)Nc2nc(N3CCN(C(C)=O)CC3)nc3c2CN(C(C)C)[C@@H]3C=O)cc1. The zero-order valence-corrected chi connectivity index (χ0v) is 21.5. The first kappa shape index (κ1) is 25.8. The maximum atomic E-state index is 12.2. The number of aldehydes is 1. The Labute approximate surface area is 212 Å². The third-order valence-electron chi connectivity index (χ3n) is 6.89. The number of aromatic nitrogens is 2. The van der Waals surface area contributed by atoms with Crippen molar-refractivity contribution < 1.29 is 19.4 Å². The number of benzene rings is 1. The van der Waals surface area contributed by atoms with Crippen molar-refractivity contribution in [3.8, 4) is 5.75 Å². The van der Waals surface area contributed by atoms with Gasteiger partial charge >= 0.3 is 0 Å². The fourth-order valence-electron chi connectivity index (χ4n) is 4.82. The van der Waals surface area contributed by atoms with Crippen LogP contribution in [0.1, 0.15) is 56.6 Å². The quantitative estimate of drug-likeness (QED) is 0.505. The van der Waals surface area contributed by atoms with Crippen LogP contribution >= 0.6 is 0 Å². The van der Waals surface area contributed by atoms with E-state index in [9.17, 15) is 14.7 Å². The number of piperazine rings is 1. The highest BCUT2D eigenvalue weighted by atomic mass is 16.5. The molecule has 1 amide bonds. The van der Waals surface area contributed by atoms with E-state index in [1.165, 1.54) is 0 Å². The van der Waals surface area contributed by atoms with Crippen molar-refractivity contribution in [2.24, 2.45) is 0 Å². The van der Waals surface area contributed by atoms with Crippen molar-refractivity contribution in [3.05, 3.63) is 41.1 Å². The molecule has 10 nitrogen and oxygen atoms in total. The molecule has 0 aliphatic carbocycles. The van der Waals surface area contributed by atoms with E-state index < -0.39 is 12.1 Å². The van der Waals surface area contributed by atoms with Crippen LogP contribution in [-0.4, -0.2) is 82.5 Å². The lowest BCUT2D eigenvalue weighted by atomic mass is 10.1. The molecular weight excluding hydrogens is 460 g/mol. The normalized spacial score (nSPS) is 18.8. The number of rotatable bonds is 9. The molecule has 2 N–H and O–H groups in total. The first-order valence-corrected chi connectivity index (χ1v) is 12.6. The third-order valence-corrected chi connectivity index (χ3v) is 6.89. The Morgan fingerprint density at radius 2 is 1.89 bits per heavy atom. The minimum Gasteiger partial charge on any atom is -0.494 e. The van der Waals surface area contributed by atoms with Crippen molar-refractivity contribution in [3.63, 3.8) is 0 Å².